The highest BCUT2D eigenvalue weighted by atomic mass is 16.1. The molecule has 7 nitrogen and oxygen atoms in total. The number of rotatable bonds is 4. The number of aromatic amines is 1. The Hall–Kier alpha value is -2.18. The summed E-state index contributed by atoms with van der Waals surface area (Å²) in [5.41, 5.74) is 1.33. The molecule has 0 unspecified atom stereocenters. The van der Waals surface area contributed by atoms with Crippen molar-refractivity contribution in [2.45, 2.75) is 13.3 Å². The van der Waals surface area contributed by atoms with E-state index in [0.29, 0.717) is 18.5 Å². The van der Waals surface area contributed by atoms with E-state index in [4.69, 9.17) is 0 Å². The summed E-state index contributed by atoms with van der Waals surface area (Å²) < 4.78 is 1.63. The van der Waals surface area contributed by atoms with Gasteiger partial charge in [-0.25, -0.2) is 4.98 Å². The average molecular weight is 234 g/mol. The molecule has 2 heterocycles. The number of nitrogens with one attached hydrogen (secondary N) is 2. The van der Waals surface area contributed by atoms with Gasteiger partial charge in [-0.1, -0.05) is 0 Å². The average Bonchev–Trinajstić information content (AvgIpc) is 2.88. The van der Waals surface area contributed by atoms with Crippen LogP contribution in [0.4, 0.5) is 0 Å². The molecule has 2 aromatic heterocycles. The lowest BCUT2D eigenvalue weighted by atomic mass is 10.2. The molecule has 1 amide bonds. The molecule has 0 bridgehead atoms. The zero-order valence-electron chi connectivity index (χ0n) is 9.77. The molecule has 0 atom stereocenters. The Bertz CT molecular complexity index is 501. The highest BCUT2D eigenvalue weighted by molar-refractivity contribution is 5.94. The van der Waals surface area contributed by atoms with Crippen LogP contribution in [0.5, 0.6) is 0 Å². The first kappa shape index (κ1) is 11.3. The van der Waals surface area contributed by atoms with Crippen LogP contribution in [0.25, 0.3) is 0 Å². The molecule has 2 rings (SSSR count). The van der Waals surface area contributed by atoms with Gasteiger partial charge in [0.25, 0.3) is 5.91 Å². The van der Waals surface area contributed by atoms with Crippen LogP contribution in [-0.4, -0.2) is 37.4 Å². The summed E-state index contributed by atoms with van der Waals surface area (Å²) in [7, 11) is 1.79. The first-order valence-corrected chi connectivity index (χ1v) is 5.29. The largest absolute Gasteiger partial charge is 0.351 e. The van der Waals surface area contributed by atoms with Crippen LogP contribution < -0.4 is 5.32 Å². The molecule has 0 radical (unpaired) electrons. The van der Waals surface area contributed by atoms with Gasteiger partial charge in [0.05, 0.1) is 11.3 Å². The molecule has 0 spiro atoms. The number of H-pyrrole nitrogens is 1. The van der Waals surface area contributed by atoms with Gasteiger partial charge in [-0.3, -0.25) is 14.6 Å². The van der Waals surface area contributed by atoms with E-state index in [9.17, 15) is 4.79 Å². The van der Waals surface area contributed by atoms with E-state index in [1.807, 2.05) is 6.92 Å². The van der Waals surface area contributed by atoms with Gasteiger partial charge in [0.1, 0.15) is 12.2 Å². The number of amides is 1. The summed E-state index contributed by atoms with van der Waals surface area (Å²) in [6, 6.07) is 0. The Morgan fingerprint density at radius 1 is 1.59 bits per heavy atom. The number of aryl methyl sites for hydroxylation is 2. The summed E-state index contributed by atoms with van der Waals surface area (Å²) >= 11 is 0. The Balaban J connectivity index is 1.87. The summed E-state index contributed by atoms with van der Waals surface area (Å²) in [6.45, 7) is 2.33. The van der Waals surface area contributed by atoms with Gasteiger partial charge in [0.15, 0.2) is 0 Å². The van der Waals surface area contributed by atoms with E-state index in [-0.39, 0.29) is 5.91 Å². The lowest BCUT2D eigenvalue weighted by Gasteiger charge is -2.02. The van der Waals surface area contributed by atoms with Crippen molar-refractivity contribution in [3.63, 3.8) is 0 Å². The second-order valence-electron chi connectivity index (χ2n) is 3.74. The van der Waals surface area contributed by atoms with Crippen molar-refractivity contribution in [3.05, 3.63) is 29.6 Å². The third-order valence-electron chi connectivity index (χ3n) is 2.37. The lowest BCUT2D eigenvalue weighted by molar-refractivity contribution is 0.0953. The molecule has 0 aliphatic rings. The maximum absolute atomic E-state index is 11.8. The quantitative estimate of drug-likeness (QED) is 0.768. The van der Waals surface area contributed by atoms with Crippen molar-refractivity contribution >= 4 is 5.91 Å². The van der Waals surface area contributed by atoms with E-state index in [1.54, 1.807) is 17.9 Å². The minimum absolute atomic E-state index is 0.116. The maximum Gasteiger partial charge on any atom is 0.254 e. The molecule has 0 aliphatic carbocycles. The Labute approximate surface area is 98.2 Å². The van der Waals surface area contributed by atoms with Gasteiger partial charge in [0.2, 0.25) is 0 Å². The second kappa shape index (κ2) is 4.77. The first-order valence-electron chi connectivity index (χ1n) is 5.29. The van der Waals surface area contributed by atoms with E-state index < -0.39 is 0 Å². The molecule has 17 heavy (non-hydrogen) atoms. The number of nitrogens with zero attached hydrogens (tertiary/aromatic N) is 4. The Morgan fingerprint density at radius 3 is 3.00 bits per heavy atom. The molecule has 2 N–H and O–H groups in total. The van der Waals surface area contributed by atoms with Crippen molar-refractivity contribution < 1.29 is 4.79 Å². The smallest absolute Gasteiger partial charge is 0.254 e. The van der Waals surface area contributed by atoms with Crippen LogP contribution in [0.3, 0.4) is 0 Å². The number of carbonyl (C=O) groups is 1. The minimum Gasteiger partial charge on any atom is -0.351 e. The summed E-state index contributed by atoms with van der Waals surface area (Å²) in [5.74, 6) is 0.642. The van der Waals surface area contributed by atoms with Gasteiger partial charge in [0, 0.05) is 26.2 Å². The zero-order chi connectivity index (χ0) is 12.3. The van der Waals surface area contributed by atoms with E-state index >= 15 is 0 Å². The van der Waals surface area contributed by atoms with Crippen molar-refractivity contribution in [1.82, 2.24) is 30.3 Å². The highest BCUT2D eigenvalue weighted by Gasteiger charge is 2.11. The van der Waals surface area contributed by atoms with Gasteiger partial charge >= 0.3 is 0 Å². The van der Waals surface area contributed by atoms with Crippen LogP contribution in [0.2, 0.25) is 0 Å². The van der Waals surface area contributed by atoms with Gasteiger partial charge in [-0.2, -0.15) is 10.2 Å². The molecule has 0 aliphatic heterocycles. The zero-order valence-corrected chi connectivity index (χ0v) is 9.77. The van der Waals surface area contributed by atoms with Crippen LogP contribution in [0.15, 0.2) is 12.5 Å². The molecule has 90 valence electrons. The molecule has 0 fully saturated rings. The molecule has 0 aromatic carbocycles. The number of hydrogen-bond donors (Lipinski definition) is 2. The van der Waals surface area contributed by atoms with E-state index in [1.165, 1.54) is 6.33 Å². The van der Waals surface area contributed by atoms with Crippen molar-refractivity contribution in [2.24, 2.45) is 7.05 Å². The van der Waals surface area contributed by atoms with Crippen LogP contribution in [0, 0.1) is 6.92 Å². The molecular weight excluding hydrogens is 220 g/mol. The van der Waals surface area contributed by atoms with Crippen molar-refractivity contribution in [1.29, 1.82) is 0 Å². The fourth-order valence-corrected chi connectivity index (χ4v) is 1.56. The molecular formula is C10H14N6O. The topological polar surface area (TPSA) is 88.5 Å². The normalized spacial score (nSPS) is 10.5. The van der Waals surface area contributed by atoms with Crippen molar-refractivity contribution in [3.8, 4) is 0 Å². The predicted molar refractivity (Wildman–Crippen MR) is 60.4 cm³/mol. The number of aromatic nitrogens is 5. The van der Waals surface area contributed by atoms with E-state index in [0.717, 1.165) is 11.5 Å². The third-order valence-corrected chi connectivity index (χ3v) is 2.37. The minimum atomic E-state index is -0.116. The fourth-order valence-electron chi connectivity index (χ4n) is 1.56. The standard InChI is InChI=1S/C10H14N6O/c1-7-8(5-16(2)15-7)10(17)11-4-3-9-12-6-13-14-9/h5-6H,3-4H2,1-2H3,(H,11,17)(H,12,13,14). The highest BCUT2D eigenvalue weighted by Crippen LogP contribution is 2.03. The molecule has 0 saturated heterocycles. The number of hydrogen-bond acceptors (Lipinski definition) is 4. The molecule has 2 aromatic rings. The van der Waals surface area contributed by atoms with Crippen molar-refractivity contribution in [2.75, 3.05) is 6.54 Å². The van der Waals surface area contributed by atoms with Gasteiger partial charge in [-0.05, 0) is 6.92 Å². The fraction of sp³-hybridized carbons (Fsp3) is 0.400. The summed E-state index contributed by atoms with van der Waals surface area (Å²) in [5, 5.41) is 13.4. The van der Waals surface area contributed by atoms with Crippen LogP contribution >= 0.6 is 0 Å². The lowest BCUT2D eigenvalue weighted by Crippen LogP contribution is -2.26. The van der Waals surface area contributed by atoms with Crippen LogP contribution in [-0.2, 0) is 13.5 Å². The SMILES string of the molecule is Cc1nn(C)cc1C(=O)NCCc1ncn[nH]1. The van der Waals surface area contributed by atoms with Gasteiger partial charge < -0.3 is 5.32 Å². The predicted octanol–water partition coefficient (Wildman–Crippen LogP) is -0.181. The molecule has 7 heteroatoms. The Morgan fingerprint density at radius 2 is 2.41 bits per heavy atom. The molecule has 0 saturated carbocycles. The Kier molecular flexibility index (Phi) is 3.17. The first-order chi connectivity index (χ1) is 8.16. The van der Waals surface area contributed by atoms with Crippen LogP contribution in [0.1, 0.15) is 21.9 Å². The second-order valence-corrected chi connectivity index (χ2v) is 3.74. The monoisotopic (exact) mass is 234 g/mol. The third kappa shape index (κ3) is 2.68. The summed E-state index contributed by atoms with van der Waals surface area (Å²) in [4.78, 5) is 15.8. The van der Waals surface area contributed by atoms with E-state index in [2.05, 4.69) is 25.6 Å². The number of carbonyl (C=O) groups excluding carboxylic acids is 1. The maximum atomic E-state index is 11.8. The van der Waals surface area contributed by atoms with Gasteiger partial charge in [-0.15, -0.1) is 0 Å². The summed E-state index contributed by atoms with van der Waals surface area (Å²) in [6.07, 6.45) is 3.78.